The van der Waals surface area contributed by atoms with Crippen molar-refractivity contribution < 1.29 is 18.0 Å². The molecule has 7 nitrogen and oxygen atoms in total. The monoisotopic (exact) mass is 611 g/mol. The first-order valence-electron chi connectivity index (χ1n) is 14.3. The highest BCUT2D eigenvalue weighted by atomic mass is 35.5. The van der Waals surface area contributed by atoms with E-state index in [0.717, 1.165) is 29.4 Å². The fourth-order valence-corrected chi connectivity index (χ4v) is 6.00. The molecule has 0 heterocycles. The van der Waals surface area contributed by atoms with Gasteiger partial charge >= 0.3 is 0 Å². The third-order valence-electron chi connectivity index (χ3n) is 7.53. The third kappa shape index (κ3) is 9.07. The molecular weight excluding hydrogens is 570 g/mol. The Morgan fingerprint density at radius 1 is 0.952 bits per heavy atom. The van der Waals surface area contributed by atoms with Crippen molar-refractivity contribution in [1.82, 2.24) is 10.2 Å². The predicted octanol–water partition coefficient (Wildman–Crippen LogP) is 6.06. The van der Waals surface area contributed by atoms with E-state index in [2.05, 4.69) is 5.32 Å². The van der Waals surface area contributed by atoms with Gasteiger partial charge in [-0.1, -0.05) is 79.2 Å². The van der Waals surface area contributed by atoms with Crippen LogP contribution in [-0.2, 0) is 32.6 Å². The van der Waals surface area contributed by atoms with E-state index in [4.69, 9.17) is 11.6 Å². The number of carbonyl (C=O) groups excluding carboxylic acids is 2. The quantitative estimate of drug-likeness (QED) is 0.240. The molecule has 42 heavy (non-hydrogen) atoms. The smallest absolute Gasteiger partial charge is 0.243 e. The van der Waals surface area contributed by atoms with Gasteiger partial charge in [-0.25, -0.2) is 8.42 Å². The number of benzene rings is 3. The molecule has 0 aromatic heterocycles. The minimum atomic E-state index is -3.63. The van der Waals surface area contributed by atoms with E-state index in [0.29, 0.717) is 22.7 Å². The molecule has 226 valence electrons. The number of amides is 2. The Kier molecular flexibility index (Phi) is 12.0. The van der Waals surface area contributed by atoms with Gasteiger partial charge in [-0.2, -0.15) is 0 Å². The summed E-state index contributed by atoms with van der Waals surface area (Å²) in [5.41, 5.74) is 4.07. The second-order valence-electron chi connectivity index (χ2n) is 10.8. The van der Waals surface area contributed by atoms with Crippen molar-refractivity contribution in [2.24, 2.45) is 0 Å². The van der Waals surface area contributed by atoms with Crippen molar-refractivity contribution in [2.75, 3.05) is 17.1 Å². The highest BCUT2D eigenvalue weighted by Crippen LogP contribution is 2.28. The Bertz CT molecular complexity index is 1460. The summed E-state index contributed by atoms with van der Waals surface area (Å²) in [6.45, 7) is 8.08. The standard InChI is InChI=1S/C33H42ClN3O4S/c1-6-25(3)35-33(39)31(22-27-15-8-7-9-16-27)36(23-28-17-11-10-14-24(28)2)32(38)20-13-21-37(42(5,40)41)30-19-12-18-29(34)26(30)4/h7-12,14-19,25,31H,6,13,20-23H2,1-5H3,(H,35,39). The van der Waals surface area contributed by atoms with E-state index >= 15 is 0 Å². The summed E-state index contributed by atoms with van der Waals surface area (Å²) < 4.78 is 26.8. The number of nitrogens with zero attached hydrogens (tertiary/aromatic N) is 2. The zero-order valence-corrected chi connectivity index (χ0v) is 26.7. The number of halogens is 1. The molecular formula is C33H42ClN3O4S. The summed E-state index contributed by atoms with van der Waals surface area (Å²) in [4.78, 5) is 29.4. The molecule has 0 saturated carbocycles. The zero-order valence-electron chi connectivity index (χ0n) is 25.1. The summed E-state index contributed by atoms with van der Waals surface area (Å²) in [6, 6.07) is 21.8. The van der Waals surface area contributed by atoms with Crippen LogP contribution < -0.4 is 9.62 Å². The van der Waals surface area contributed by atoms with Crippen LogP contribution >= 0.6 is 11.6 Å². The Morgan fingerprint density at radius 2 is 1.62 bits per heavy atom. The Morgan fingerprint density at radius 3 is 2.26 bits per heavy atom. The van der Waals surface area contributed by atoms with Crippen LogP contribution in [0.25, 0.3) is 0 Å². The molecule has 0 aliphatic heterocycles. The molecule has 2 amide bonds. The molecule has 3 aromatic rings. The number of hydrogen-bond donors (Lipinski definition) is 1. The van der Waals surface area contributed by atoms with E-state index in [1.807, 2.05) is 75.4 Å². The lowest BCUT2D eigenvalue weighted by atomic mass is 10.0. The second kappa shape index (κ2) is 15.2. The molecule has 1 N–H and O–H groups in total. The first-order valence-corrected chi connectivity index (χ1v) is 16.6. The van der Waals surface area contributed by atoms with Crippen LogP contribution in [0.2, 0.25) is 5.02 Å². The van der Waals surface area contributed by atoms with Crippen molar-refractivity contribution in [1.29, 1.82) is 0 Å². The Hall–Kier alpha value is -3.36. The van der Waals surface area contributed by atoms with Gasteiger partial charge in [0, 0.05) is 37.0 Å². The molecule has 9 heteroatoms. The number of anilines is 1. The molecule has 3 aromatic carbocycles. The minimum absolute atomic E-state index is 0.0459. The molecule has 2 atom stereocenters. The topological polar surface area (TPSA) is 86.8 Å². The average molecular weight is 612 g/mol. The van der Waals surface area contributed by atoms with Gasteiger partial charge in [0.15, 0.2) is 0 Å². The third-order valence-corrected chi connectivity index (χ3v) is 9.12. The van der Waals surface area contributed by atoms with Crippen LogP contribution in [0.4, 0.5) is 5.69 Å². The molecule has 0 saturated heterocycles. The largest absolute Gasteiger partial charge is 0.352 e. The van der Waals surface area contributed by atoms with Gasteiger partial charge in [0.1, 0.15) is 6.04 Å². The number of nitrogens with one attached hydrogen (secondary N) is 1. The SMILES string of the molecule is CCC(C)NC(=O)C(Cc1ccccc1)N(Cc1ccccc1C)C(=O)CCCN(c1cccc(Cl)c1C)S(C)(=O)=O. The van der Waals surface area contributed by atoms with Crippen molar-refractivity contribution in [3.05, 3.63) is 100 Å². The van der Waals surface area contributed by atoms with E-state index in [1.54, 1.807) is 30.0 Å². The van der Waals surface area contributed by atoms with E-state index in [-0.39, 0.29) is 43.8 Å². The molecule has 0 bridgehead atoms. The molecule has 0 aliphatic rings. The number of carbonyl (C=O) groups is 2. The van der Waals surface area contributed by atoms with Gasteiger partial charge in [-0.15, -0.1) is 0 Å². The maximum absolute atomic E-state index is 14.0. The van der Waals surface area contributed by atoms with Crippen molar-refractivity contribution in [3.63, 3.8) is 0 Å². The fraction of sp³-hybridized carbons (Fsp3) is 0.394. The van der Waals surface area contributed by atoms with Gasteiger partial charge < -0.3 is 10.2 Å². The average Bonchev–Trinajstić information content (AvgIpc) is 2.95. The fourth-order valence-electron chi connectivity index (χ4n) is 4.81. The van der Waals surface area contributed by atoms with Gasteiger partial charge in [-0.05, 0) is 68.0 Å². The van der Waals surface area contributed by atoms with E-state index in [1.165, 1.54) is 4.31 Å². The first kappa shape index (κ1) is 33.1. The maximum Gasteiger partial charge on any atom is 0.243 e. The van der Waals surface area contributed by atoms with Crippen LogP contribution in [0.1, 0.15) is 55.4 Å². The van der Waals surface area contributed by atoms with Crippen LogP contribution in [-0.4, -0.2) is 50.0 Å². The predicted molar refractivity (Wildman–Crippen MR) is 171 cm³/mol. The number of aryl methyl sites for hydroxylation is 1. The second-order valence-corrected chi connectivity index (χ2v) is 13.1. The zero-order chi connectivity index (χ0) is 30.9. The van der Waals surface area contributed by atoms with Crippen LogP contribution in [0, 0.1) is 13.8 Å². The minimum Gasteiger partial charge on any atom is -0.352 e. The lowest BCUT2D eigenvalue weighted by Crippen LogP contribution is -2.52. The summed E-state index contributed by atoms with van der Waals surface area (Å²) in [7, 11) is -3.63. The molecule has 3 rings (SSSR count). The number of sulfonamides is 1. The summed E-state index contributed by atoms with van der Waals surface area (Å²) >= 11 is 6.28. The van der Waals surface area contributed by atoms with Gasteiger partial charge in [0.2, 0.25) is 21.8 Å². The lowest BCUT2D eigenvalue weighted by Gasteiger charge is -2.33. The van der Waals surface area contributed by atoms with E-state index in [9.17, 15) is 18.0 Å². The molecule has 0 spiro atoms. The van der Waals surface area contributed by atoms with Gasteiger partial charge in [0.25, 0.3) is 0 Å². The van der Waals surface area contributed by atoms with Crippen molar-refractivity contribution in [2.45, 2.75) is 72.0 Å². The number of hydrogen-bond acceptors (Lipinski definition) is 4. The molecule has 2 unspecified atom stereocenters. The Balaban J connectivity index is 1.92. The highest BCUT2D eigenvalue weighted by Gasteiger charge is 2.31. The maximum atomic E-state index is 14.0. The summed E-state index contributed by atoms with van der Waals surface area (Å²) in [6.07, 6.45) is 2.61. The van der Waals surface area contributed by atoms with Crippen LogP contribution in [0.3, 0.4) is 0 Å². The van der Waals surface area contributed by atoms with Crippen LogP contribution in [0.15, 0.2) is 72.8 Å². The molecule has 0 fully saturated rings. The summed E-state index contributed by atoms with van der Waals surface area (Å²) in [5, 5.41) is 3.55. The lowest BCUT2D eigenvalue weighted by molar-refractivity contribution is -0.141. The summed E-state index contributed by atoms with van der Waals surface area (Å²) in [5.74, 6) is -0.419. The van der Waals surface area contributed by atoms with Crippen molar-refractivity contribution in [3.8, 4) is 0 Å². The highest BCUT2D eigenvalue weighted by molar-refractivity contribution is 7.92. The molecule has 0 radical (unpaired) electrons. The first-order chi connectivity index (χ1) is 19.9. The van der Waals surface area contributed by atoms with Crippen molar-refractivity contribution >= 4 is 39.1 Å². The van der Waals surface area contributed by atoms with E-state index < -0.39 is 16.1 Å². The normalized spacial score (nSPS) is 12.8. The number of rotatable bonds is 14. The Labute approximate surface area is 255 Å². The van der Waals surface area contributed by atoms with Crippen LogP contribution in [0.5, 0.6) is 0 Å². The molecule has 0 aliphatic carbocycles. The van der Waals surface area contributed by atoms with Gasteiger partial charge in [-0.3, -0.25) is 13.9 Å². The van der Waals surface area contributed by atoms with Gasteiger partial charge in [0.05, 0.1) is 11.9 Å².